The Kier molecular flexibility index (Phi) is 7.19. The summed E-state index contributed by atoms with van der Waals surface area (Å²) in [7, 11) is 1.60. The van der Waals surface area contributed by atoms with Crippen molar-refractivity contribution >= 4 is 11.3 Å². The second-order valence-corrected chi connectivity index (χ2v) is 8.53. The first kappa shape index (κ1) is 23.4. The highest BCUT2D eigenvalue weighted by Gasteiger charge is 2.17. The van der Waals surface area contributed by atoms with Gasteiger partial charge < -0.3 is 28.2 Å². The number of rotatable bonds is 10. The maximum Gasteiger partial charge on any atom is 0.391 e. The molecule has 0 bridgehead atoms. The Hall–Kier alpha value is -3.76. The van der Waals surface area contributed by atoms with E-state index in [-0.39, 0.29) is 29.7 Å². The number of benzene rings is 2. The Morgan fingerprint density at radius 2 is 1.94 bits per heavy atom. The molecule has 9 nitrogen and oxygen atoms in total. The van der Waals surface area contributed by atoms with E-state index >= 15 is 0 Å². The SMILES string of the molecule is COc1cccc(C(COc2ccc(Cc3sc(=O)[nH]c3O)cc2)OCc2oc(=N)oc2C)c1. The van der Waals surface area contributed by atoms with Gasteiger partial charge in [0.1, 0.15) is 36.6 Å². The lowest BCUT2D eigenvalue weighted by Crippen LogP contribution is -2.14. The van der Waals surface area contributed by atoms with Crippen molar-refractivity contribution in [1.29, 1.82) is 5.41 Å². The second-order valence-electron chi connectivity index (χ2n) is 7.47. The molecule has 0 saturated heterocycles. The molecule has 10 heteroatoms. The molecule has 2 aromatic heterocycles. The van der Waals surface area contributed by atoms with Gasteiger partial charge in [0.2, 0.25) is 5.88 Å². The van der Waals surface area contributed by atoms with Gasteiger partial charge in [0.05, 0.1) is 12.0 Å². The van der Waals surface area contributed by atoms with Crippen molar-refractivity contribution in [3.8, 4) is 17.4 Å². The van der Waals surface area contributed by atoms with E-state index in [0.29, 0.717) is 34.3 Å². The van der Waals surface area contributed by atoms with Gasteiger partial charge in [-0.1, -0.05) is 35.6 Å². The lowest BCUT2D eigenvalue weighted by Gasteiger charge is -2.19. The number of nitrogens with one attached hydrogen (secondary N) is 2. The lowest BCUT2D eigenvalue weighted by atomic mass is 10.1. The van der Waals surface area contributed by atoms with Crippen LogP contribution in [0.2, 0.25) is 0 Å². The number of aromatic amines is 1. The van der Waals surface area contributed by atoms with Crippen molar-refractivity contribution in [2.45, 2.75) is 26.1 Å². The summed E-state index contributed by atoms with van der Waals surface area (Å²) in [5, 5.41) is 17.3. The van der Waals surface area contributed by atoms with Crippen LogP contribution in [0.15, 0.2) is 62.2 Å². The third-order valence-corrected chi connectivity index (χ3v) is 6.00. The lowest BCUT2D eigenvalue weighted by molar-refractivity contribution is -0.000305. The van der Waals surface area contributed by atoms with Crippen molar-refractivity contribution < 1.29 is 28.2 Å². The molecule has 0 aliphatic carbocycles. The van der Waals surface area contributed by atoms with Crippen LogP contribution in [0.3, 0.4) is 0 Å². The Balaban J connectivity index is 1.45. The van der Waals surface area contributed by atoms with Crippen molar-refractivity contribution in [2.75, 3.05) is 13.7 Å². The van der Waals surface area contributed by atoms with Crippen molar-refractivity contribution in [3.63, 3.8) is 0 Å². The summed E-state index contributed by atoms with van der Waals surface area (Å²) in [5.41, 5.74) is 1.79. The zero-order valence-electron chi connectivity index (χ0n) is 18.6. The quantitative estimate of drug-likeness (QED) is 0.309. The fourth-order valence-electron chi connectivity index (χ4n) is 3.32. The molecule has 178 valence electrons. The fourth-order valence-corrected chi connectivity index (χ4v) is 4.08. The first-order valence-electron chi connectivity index (χ1n) is 10.4. The van der Waals surface area contributed by atoms with E-state index in [9.17, 15) is 9.90 Å². The first-order valence-corrected chi connectivity index (χ1v) is 11.2. The number of ether oxygens (including phenoxy) is 3. The smallest absolute Gasteiger partial charge is 0.391 e. The number of H-pyrrole nitrogens is 1. The topological polar surface area (TPSA) is 131 Å². The van der Waals surface area contributed by atoms with E-state index in [1.807, 2.05) is 48.5 Å². The largest absolute Gasteiger partial charge is 0.497 e. The van der Waals surface area contributed by atoms with Crippen LogP contribution in [0.1, 0.15) is 33.6 Å². The van der Waals surface area contributed by atoms with Crippen LogP contribution >= 0.6 is 11.3 Å². The van der Waals surface area contributed by atoms with Gasteiger partial charge in [0, 0.05) is 6.42 Å². The van der Waals surface area contributed by atoms with Gasteiger partial charge in [-0.15, -0.1) is 0 Å². The molecule has 3 N–H and O–H groups in total. The zero-order chi connectivity index (χ0) is 24.1. The Labute approximate surface area is 198 Å². The second kappa shape index (κ2) is 10.4. The molecule has 2 aromatic carbocycles. The van der Waals surface area contributed by atoms with Crippen LogP contribution in [0.4, 0.5) is 0 Å². The molecule has 34 heavy (non-hydrogen) atoms. The number of thiazole rings is 1. The Morgan fingerprint density at radius 1 is 1.15 bits per heavy atom. The summed E-state index contributed by atoms with van der Waals surface area (Å²) in [6, 6.07) is 14.9. The molecule has 1 atom stereocenters. The maximum absolute atomic E-state index is 11.4. The minimum Gasteiger partial charge on any atom is -0.497 e. The van der Waals surface area contributed by atoms with Gasteiger partial charge >= 0.3 is 10.6 Å². The van der Waals surface area contributed by atoms with E-state index in [1.165, 1.54) is 0 Å². The summed E-state index contributed by atoms with van der Waals surface area (Å²) in [6.45, 7) is 2.05. The van der Waals surface area contributed by atoms with Gasteiger partial charge in [-0.3, -0.25) is 9.78 Å². The normalized spacial score (nSPS) is 11.9. The van der Waals surface area contributed by atoms with E-state index in [4.69, 9.17) is 28.5 Å². The van der Waals surface area contributed by atoms with Gasteiger partial charge in [-0.05, 0) is 42.3 Å². The third-order valence-electron chi connectivity index (χ3n) is 5.13. The molecule has 0 amide bonds. The summed E-state index contributed by atoms with van der Waals surface area (Å²) >= 11 is 0.989. The number of hydrogen-bond acceptors (Lipinski definition) is 9. The van der Waals surface area contributed by atoms with Crippen LogP contribution in [-0.2, 0) is 17.8 Å². The third kappa shape index (κ3) is 5.77. The number of methoxy groups -OCH3 is 1. The Bertz CT molecular complexity index is 1350. The van der Waals surface area contributed by atoms with Crippen LogP contribution in [0, 0.1) is 12.3 Å². The standard InChI is InChI=1S/C24H24N2O7S/c1-14-19(33-23(25)32-14)12-31-20(16-4-3-5-18(11-16)29-2)13-30-17-8-6-15(7-9-17)10-21-22(27)26-24(28)34-21/h3-9,11,20,25,27H,10,12-13H2,1-2H3,(H,26,28). The molecular formula is C24H24N2O7S. The highest BCUT2D eigenvalue weighted by atomic mass is 32.1. The van der Waals surface area contributed by atoms with Gasteiger partial charge in [0.15, 0.2) is 5.76 Å². The number of hydrogen-bond donors (Lipinski definition) is 3. The summed E-state index contributed by atoms with van der Waals surface area (Å²) in [5.74, 6) is 1.91. The van der Waals surface area contributed by atoms with Gasteiger partial charge in [-0.25, -0.2) is 5.41 Å². The molecule has 2 heterocycles. The highest BCUT2D eigenvalue weighted by Crippen LogP contribution is 2.26. The molecular weight excluding hydrogens is 460 g/mol. The molecule has 0 aliphatic heterocycles. The molecule has 4 rings (SSSR count). The molecule has 0 aliphatic rings. The Morgan fingerprint density at radius 3 is 2.59 bits per heavy atom. The number of aromatic nitrogens is 1. The van der Waals surface area contributed by atoms with E-state index < -0.39 is 6.10 Å². The minimum absolute atomic E-state index is 0.0919. The van der Waals surface area contributed by atoms with Crippen molar-refractivity contribution in [3.05, 3.63) is 91.5 Å². The summed E-state index contributed by atoms with van der Waals surface area (Å²) in [6.07, 6.45) is -0.00102. The van der Waals surface area contributed by atoms with Crippen LogP contribution in [0.25, 0.3) is 0 Å². The monoisotopic (exact) mass is 484 g/mol. The van der Waals surface area contributed by atoms with E-state index in [0.717, 1.165) is 22.5 Å². The molecule has 0 saturated carbocycles. The molecule has 0 spiro atoms. The average Bonchev–Trinajstić information content (AvgIpc) is 3.33. The van der Waals surface area contributed by atoms with Crippen molar-refractivity contribution in [2.24, 2.45) is 0 Å². The fraction of sp³-hybridized carbons (Fsp3) is 0.250. The summed E-state index contributed by atoms with van der Waals surface area (Å²) < 4.78 is 27.8. The zero-order valence-corrected chi connectivity index (χ0v) is 19.4. The molecule has 1 unspecified atom stereocenters. The molecule has 0 radical (unpaired) electrons. The maximum atomic E-state index is 11.4. The van der Waals surface area contributed by atoms with Gasteiger partial charge in [-0.2, -0.15) is 0 Å². The minimum atomic E-state index is -0.442. The average molecular weight is 485 g/mol. The predicted molar refractivity (Wildman–Crippen MR) is 123 cm³/mol. The predicted octanol–water partition coefficient (Wildman–Crippen LogP) is 4.05. The van der Waals surface area contributed by atoms with E-state index in [1.54, 1.807) is 14.0 Å². The highest BCUT2D eigenvalue weighted by molar-refractivity contribution is 7.09. The van der Waals surface area contributed by atoms with Crippen LogP contribution < -0.4 is 20.1 Å². The van der Waals surface area contributed by atoms with E-state index in [2.05, 4.69) is 4.98 Å². The number of aromatic hydroxyl groups is 1. The number of aryl methyl sites for hydroxylation is 1. The molecule has 0 fully saturated rings. The molecule has 4 aromatic rings. The summed E-state index contributed by atoms with van der Waals surface area (Å²) in [4.78, 5) is 14.0. The van der Waals surface area contributed by atoms with Gasteiger partial charge in [0.25, 0.3) is 0 Å². The van der Waals surface area contributed by atoms with Crippen molar-refractivity contribution in [1.82, 2.24) is 4.98 Å². The van der Waals surface area contributed by atoms with Crippen LogP contribution in [0.5, 0.6) is 17.4 Å². The van der Waals surface area contributed by atoms with Crippen LogP contribution in [-0.4, -0.2) is 23.8 Å². The first-order chi connectivity index (χ1) is 16.4.